The summed E-state index contributed by atoms with van der Waals surface area (Å²) in [5, 5.41) is 0. The quantitative estimate of drug-likeness (QED) is 0.647. The fraction of sp³-hybridized carbons (Fsp3) is 0.545. The lowest BCUT2D eigenvalue weighted by atomic mass is 10.1. The van der Waals surface area contributed by atoms with Crippen LogP contribution in [0.5, 0.6) is 0 Å². The lowest BCUT2D eigenvalue weighted by molar-refractivity contribution is 0.458. The third kappa shape index (κ3) is 0.859. The third-order valence-corrected chi connectivity index (χ3v) is 3.55. The number of aromatic nitrogens is 1. The molecule has 68 valence electrons. The van der Waals surface area contributed by atoms with E-state index in [1.807, 2.05) is 0 Å². The molecule has 0 spiro atoms. The highest BCUT2D eigenvalue weighted by Gasteiger charge is 2.63. The van der Waals surface area contributed by atoms with E-state index >= 15 is 0 Å². The Kier molecular flexibility index (Phi) is 1.17. The van der Waals surface area contributed by atoms with Crippen molar-refractivity contribution in [2.75, 3.05) is 11.4 Å². The molecule has 0 radical (unpaired) electrons. The molecule has 2 heterocycles. The number of fused-ring (bicyclic) bond motifs is 1. The number of aryl methyl sites for hydroxylation is 1. The molecule has 1 aliphatic carbocycles. The second kappa shape index (κ2) is 2.06. The van der Waals surface area contributed by atoms with Gasteiger partial charge in [0.05, 0.1) is 0 Å². The van der Waals surface area contributed by atoms with Crippen molar-refractivity contribution in [3.63, 3.8) is 0 Å². The van der Waals surface area contributed by atoms with Gasteiger partial charge in [-0.15, -0.1) is 0 Å². The van der Waals surface area contributed by atoms with Crippen LogP contribution in [-0.2, 0) is 0 Å². The fourth-order valence-electron chi connectivity index (χ4n) is 2.38. The van der Waals surface area contributed by atoms with E-state index < -0.39 is 0 Å². The summed E-state index contributed by atoms with van der Waals surface area (Å²) in [5.41, 5.74) is 1.59. The van der Waals surface area contributed by atoms with Crippen LogP contribution in [-0.4, -0.2) is 17.1 Å². The smallest absolute Gasteiger partial charge is 0.129 e. The van der Waals surface area contributed by atoms with E-state index in [4.69, 9.17) is 0 Å². The van der Waals surface area contributed by atoms with Gasteiger partial charge in [0.15, 0.2) is 0 Å². The highest BCUT2D eigenvalue weighted by atomic mass is 15.4. The summed E-state index contributed by atoms with van der Waals surface area (Å²) in [6.07, 6.45) is 1.36. The normalized spacial score (nSPS) is 35.2. The van der Waals surface area contributed by atoms with Gasteiger partial charge in [-0.05, 0) is 32.4 Å². The van der Waals surface area contributed by atoms with Gasteiger partial charge in [0.1, 0.15) is 5.82 Å². The molecule has 2 unspecified atom stereocenters. The van der Waals surface area contributed by atoms with Crippen LogP contribution in [0.2, 0.25) is 0 Å². The Bertz CT molecular complexity index is 361. The van der Waals surface area contributed by atoms with Crippen molar-refractivity contribution in [2.24, 2.45) is 5.92 Å². The first-order chi connectivity index (χ1) is 6.20. The van der Waals surface area contributed by atoms with Gasteiger partial charge in [-0.25, -0.2) is 4.98 Å². The second-order valence-corrected chi connectivity index (χ2v) is 4.51. The van der Waals surface area contributed by atoms with Crippen LogP contribution in [0.4, 0.5) is 5.82 Å². The third-order valence-electron chi connectivity index (χ3n) is 3.55. The van der Waals surface area contributed by atoms with Crippen LogP contribution in [0.15, 0.2) is 18.2 Å². The SMILES string of the molecule is Cc1cccc(N2CC3CC32C)n1. The van der Waals surface area contributed by atoms with Crippen molar-refractivity contribution in [3.8, 4) is 0 Å². The summed E-state index contributed by atoms with van der Waals surface area (Å²) in [6, 6.07) is 6.26. The van der Waals surface area contributed by atoms with Crippen LogP contribution >= 0.6 is 0 Å². The molecule has 0 aromatic carbocycles. The van der Waals surface area contributed by atoms with Gasteiger partial charge < -0.3 is 4.90 Å². The molecule has 13 heavy (non-hydrogen) atoms. The molecule has 0 bridgehead atoms. The maximum Gasteiger partial charge on any atom is 0.129 e. The molecular weight excluding hydrogens is 160 g/mol. The largest absolute Gasteiger partial charge is 0.350 e. The fourth-order valence-corrected chi connectivity index (χ4v) is 2.38. The molecule has 0 N–H and O–H groups in total. The van der Waals surface area contributed by atoms with Gasteiger partial charge in [-0.3, -0.25) is 0 Å². The van der Waals surface area contributed by atoms with Gasteiger partial charge in [0, 0.05) is 23.7 Å². The number of nitrogens with zero attached hydrogens (tertiary/aromatic N) is 2. The van der Waals surface area contributed by atoms with E-state index in [-0.39, 0.29) is 0 Å². The predicted molar refractivity (Wildman–Crippen MR) is 52.8 cm³/mol. The van der Waals surface area contributed by atoms with Crippen LogP contribution in [0.25, 0.3) is 0 Å². The summed E-state index contributed by atoms with van der Waals surface area (Å²) in [5.74, 6) is 2.12. The Labute approximate surface area is 78.6 Å². The maximum absolute atomic E-state index is 4.54. The molecule has 3 rings (SSSR count). The van der Waals surface area contributed by atoms with Crippen molar-refractivity contribution < 1.29 is 0 Å². The topological polar surface area (TPSA) is 16.1 Å². The van der Waals surface area contributed by atoms with Gasteiger partial charge in [-0.1, -0.05) is 6.07 Å². The lowest BCUT2D eigenvalue weighted by Gasteiger charge is -2.39. The van der Waals surface area contributed by atoms with E-state index in [1.165, 1.54) is 13.0 Å². The first-order valence-corrected chi connectivity index (χ1v) is 4.91. The first kappa shape index (κ1) is 7.36. The summed E-state index contributed by atoms with van der Waals surface area (Å²) in [6.45, 7) is 5.61. The molecule has 2 atom stereocenters. The van der Waals surface area contributed by atoms with Crippen molar-refractivity contribution >= 4 is 5.82 Å². The van der Waals surface area contributed by atoms with Gasteiger partial charge in [0.2, 0.25) is 0 Å². The molecule has 2 nitrogen and oxygen atoms in total. The van der Waals surface area contributed by atoms with Crippen LogP contribution in [0.3, 0.4) is 0 Å². The summed E-state index contributed by atoms with van der Waals surface area (Å²) >= 11 is 0. The minimum Gasteiger partial charge on any atom is -0.350 e. The van der Waals surface area contributed by atoms with Crippen molar-refractivity contribution in [1.82, 2.24) is 4.98 Å². The number of rotatable bonds is 1. The highest BCUT2D eigenvalue weighted by molar-refractivity contribution is 5.52. The number of pyridine rings is 1. The molecule has 0 amide bonds. The van der Waals surface area contributed by atoms with Crippen molar-refractivity contribution in [1.29, 1.82) is 0 Å². The Morgan fingerprint density at radius 3 is 2.92 bits per heavy atom. The Morgan fingerprint density at radius 1 is 1.54 bits per heavy atom. The van der Waals surface area contributed by atoms with E-state index in [9.17, 15) is 0 Å². The zero-order valence-electron chi connectivity index (χ0n) is 8.12. The Hall–Kier alpha value is -1.05. The minimum atomic E-state index is 0.473. The predicted octanol–water partition coefficient (Wildman–Crippen LogP) is 1.99. The molecule has 1 saturated heterocycles. The van der Waals surface area contributed by atoms with E-state index in [2.05, 4.69) is 41.9 Å². The number of hydrogen-bond acceptors (Lipinski definition) is 2. The zero-order chi connectivity index (χ0) is 9.05. The van der Waals surface area contributed by atoms with Gasteiger partial charge in [0.25, 0.3) is 0 Å². The van der Waals surface area contributed by atoms with Crippen molar-refractivity contribution in [2.45, 2.75) is 25.8 Å². The molecule has 1 aliphatic heterocycles. The number of anilines is 1. The summed E-state index contributed by atoms with van der Waals surface area (Å²) < 4.78 is 0. The average molecular weight is 174 g/mol. The van der Waals surface area contributed by atoms with Crippen molar-refractivity contribution in [3.05, 3.63) is 23.9 Å². The Balaban J connectivity index is 1.93. The molecule has 2 fully saturated rings. The van der Waals surface area contributed by atoms with E-state index in [0.717, 1.165) is 17.4 Å². The number of hydrogen-bond donors (Lipinski definition) is 0. The summed E-state index contributed by atoms with van der Waals surface area (Å²) in [7, 11) is 0. The van der Waals surface area contributed by atoms with Crippen LogP contribution < -0.4 is 4.90 Å². The molecule has 1 aromatic heterocycles. The standard InChI is InChI=1S/C11H14N2/c1-8-4-3-5-10(12-8)13-7-9-6-11(9,13)2/h3-5,9H,6-7H2,1-2H3. The second-order valence-electron chi connectivity index (χ2n) is 4.51. The molecular formula is C11H14N2. The van der Waals surface area contributed by atoms with Crippen LogP contribution in [0.1, 0.15) is 19.0 Å². The highest BCUT2D eigenvalue weighted by Crippen LogP contribution is 2.58. The first-order valence-electron chi connectivity index (χ1n) is 4.91. The maximum atomic E-state index is 4.54. The monoisotopic (exact) mass is 174 g/mol. The van der Waals surface area contributed by atoms with Gasteiger partial charge in [-0.2, -0.15) is 0 Å². The average Bonchev–Trinajstić information content (AvgIpc) is 2.58. The molecule has 1 aromatic rings. The van der Waals surface area contributed by atoms with Gasteiger partial charge >= 0.3 is 0 Å². The van der Waals surface area contributed by atoms with E-state index in [1.54, 1.807) is 0 Å². The zero-order valence-corrected chi connectivity index (χ0v) is 8.12. The minimum absolute atomic E-state index is 0.473. The summed E-state index contributed by atoms with van der Waals surface area (Å²) in [4.78, 5) is 6.98. The molecule has 2 aliphatic rings. The molecule has 2 heteroatoms. The Morgan fingerprint density at radius 2 is 2.38 bits per heavy atom. The van der Waals surface area contributed by atoms with E-state index in [0.29, 0.717) is 5.54 Å². The molecule has 1 saturated carbocycles. The lowest BCUT2D eigenvalue weighted by Crippen LogP contribution is -2.48. The van der Waals surface area contributed by atoms with Crippen LogP contribution in [0, 0.1) is 12.8 Å².